The van der Waals surface area contributed by atoms with Crippen LogP contribution in [0.5, 0.6) is 5.75 Å². The van der Waals surface area contributed by atoms with Crippen LogP contribution in [-0.2, 0) is 13.2 Å². The Kier molecular flexibility index (Phi) is 7.33. The number of benzene rings is 1. The Hall–Kier alpha value is -3.02. The quantitative estimate of drug-likeness (QED) is 0.478. The lowest BCUT2D eigenvalue weighted by atomic mass is 9.99. The van der Waals surface area contributed by atoms with Gasteiger partial charge in [0, 0.05) is 18.8 Å². The monoisotopic (exact) mass is 409 g/mol. The molecule has 0 aliphatic rings. The number of amides is 1. The number of aryl methyl sites for hydroxylation is 3. The van der Waals surface area contributed by atoms with Gasteiger partial charge in [0.2, 0.25) is 0 Å². The molecule has 1 amide bonds. The molecule has 2 heterocycles. The van der Waals surface area contributed by atoms with Crippen LogP contribution in [0, 0.1) is 13.8 Å². The third kappa shape index (κ3) is 5.75. The Morgan fingerprint density at radius 2 is 1.97 bits per heavy atom. The number of rotatable bonds is 10. The third-order valence-corrected chi connectivity index (χ3v) is 5.26. The lowest BCUT2D eigenvalue weighted by Crippen LogP contribution is -2.25. The highest BCUT2D eigenvalue weighted by molar-refractivity contribution is 5.91. The predicted octanol–water partition coefficient (Wildman–Crippen LogP) is 5.01. The van der Waals surface area contributed by atoms with Gasteiger partial charge in [0.1, 0.15) is 18.1 Å². The molecule has 1 aromatic carbocycles. The van der Waals surface area contributed by atoms with Crippen LogP contribution in [0.25, 0.3) is 0 Å². The zero-order valence-corrected chi connectivity index (χ0v) is 18.3. The Labute approximate surface area is 178 Å². The molecule has 0 saturated carbocycles. The van der Waals surface area contributed by atoms with Crippen molar-refractivity contribution in [1.82, 2.24) is 15.1 Å². The highest BCUT2D eigenvalue weighted by Crippen LogP contribution is 2.22. The number of aromatic nitrogens is 2. The van der Waals surface area contributed by atoms with E-state index in [9.17, 15) is 4.79 Å². The molecular formula is C24H31N3O3. The summed E-state index contributed by atoms with van der Waals surface area (Å²) in [6.45, 7) is 10.0. The average Bonchev–Trinajstić information content (AvgIpc) is 3.35. The van der Waals surface area contributed by atoms with E-state index in [1.54, 1.807) is 12.1 Å². The van der Waals surface area contributed by atoms with Crippen molar-refractivity contribution in [2.45, 2.75) is 59.6 Å². The number of carbonyl (C=O) groups is 1. The van der Waals surface area contributed by atoms with E-state index < -0.39 is 0 Å². The van der Waals surface area contributed by atoms with E-state index in [-0.39, 0.29) is 12.5 Å². The van der Waals surface area contributed by atoms with Gasteiger partial charge in [0.05, 0.1) is 5.69 Å². The standard InChI is InChI=1S/C24H31N3O3/c1-5-17(2)20-7-9-21(10-8-20)29-16-22-11-12-23(30-22)24(28)25-13-6-14-27-19(4)15-18(3)26-27/h7-12,15,17H,5-6,13-14,16H2,1-4H3,(H,25,28). The highest BCUT2D eigenvalue weighted by atomic mass is 16.5. The second-order valence-corrected chi connectivity index (χ2v) is 7.69. The van der Waals surface area contributed by atoms with E-state index in [0.29, 0.717) is 24.0 Å². The summed E-state index contributed by atoms with van der Waals surface area (Å²) in [5, 5.41) is 7.31. The van der Waals surface area contributed by atoms with Crippen LogP contribution in [0.1, 0.15) is 65.9 Å². The molecule has 30 heavy (non-hydrogen) atoms. The number of nitrogens with one attached hydrogen (secondary N) is 1. The Bertz CT molecular complexity index is 956. The molecule has 160 valence electrons. The summed E-state index contributed by atoms with van der Waals surface area (Å²) >= 11 is 0. The number of hydrogen-bond acceptors (Lipinski definition) is 4. The summed E-state index contributed by atoms with van der Waals surface area (Å²) in [5.74, 6) is 2.03. The van der Waals surface area contributed by atoms with Crippen molar-refractivity contribution in [2.24, 2.45) is 0 Å². The van der Waals surface area contributed by atoms with Gasteiger partial charge in [-0.25, -0.2) is 0 Å². The first-order valence-electron chi connectivity index (χ1n) is 10.6. The van der Waals surface area contributed by atoms with Crippen LogP contribution in [0.3, 0.4) is 0 Å². The molecule has 3 rings (SSSR count). The van der Waals surface area contributed by atoms with Gasteiger partial charge in [0.25, 0.3) is 5.91 Å². The van der Waals surface area contributed by atoms with E-state index in [4.69, 9.17) is 9.15 Å². The van der Waals surface area contributed by atoms with Gasteiger partial charge in [-0.05, 0) is 68.5 Å². The van der Waals surface area contributed by atoms with Crippen molar-refractivity contribution >= 4 is 5.91 Å². The summed E-state index contributed by atoms with van der Waals surface area (Å²) in [6.07, 6.45) is 1.91. The molecule has 1 N–H and O–H groups in total. The smallest absolute Gasteiger partial charge is 0.286 e. The number of nitrogens with zero attached hydrogens (tertiary/aromatic N) is 2. The number of ether oxygens (including phenoxy) is 1. The van der Waals surface area contributed by atoms with E-state index in [0.717, 1.165) is 36.5 Å². The maximum Gasteiger partial charge on any atom is 0.286 e. The van der Waals surface area contributed by atoms with Crippen molar-refractivity contribution < 1.29 is 13.9 Å². The van der Waals surface area contributed by atoms with Crippen LogP contribution in [0.15, 0.2) is 46.9 Å². The Morgan fingerprint density at radius 3 is 2.63 bits per heavy atom. The number of furan rings is 1. The largest absolute Gasteiger partial charge is 0.486 e. The Morgan fingerprint density at radius 1 is 1.20 bits per heavy atom. The van der Waals surface area contributed by atoms with Crippen molar-refractivity contribution in [3.63, 3.8) is 0 Å². The van der Waals surface area contributed by atoms with Crippen LogP contribution < -0.4 is 10.1 Å². The minimum Gasteiger partial charge on any atom is -0.486 e. The molecule has 2 aromatic heterocycles. The summed E-state index contributed by atoms with van der Waals surface area (Å²) in [4.78, 5) is 12.3. The lowest BCUT2D eigenvalue weighted by Gasteiger charge is -2.10. The van der Waals surface area contributed by atoms with Gasteiger partial charge in [0.15, 0.2) is 5.76 Å². The molecule has 1 atom stereocenters. The van der Waals surface area contributed by atoms with Gasteiger partial charge in [-0.1, -0.05) is 26.0 Å². The first-order chi connectivity index (χ1) is 14.5. The van der Waals surface area contributed by atoms with Crippen molar-refractivity contribution in [3.05, 3.63) is 70.9 Å². The molecule has 1 unspecified atom stereocenters. The zero-order valence-electron chi connectivity index (χ0n) is 18.3. The Balaban J connectivity index is 1.42. The number of carbonyl (C=O) groups excluding carboxylic acids is 1. The normalized spacial score (nSPS) is 12.0. The molecule has 0 radical (unpaired) electrons. The molecular weight excluding hydrogens is 378 g/mol. The van der Waals surface area contributed by atoms with Gasteiger partial charge >= 0.3 is 0 Å². The van der Waals surface area contributed by atoms with E-state index in [2.05, 4.69) is 36.4 Å². The van der Waals surface area contributed by atoms with Crippen molar-refractivity contribution in [1.29, 1.82) is 0 Å². The first-order valence-corrected chi connectivity index (χ1v) is 10.6. The number of hydrogen-bond donors (Lipinski definition) is 1. The molecule has 6 heteroatoms. The third-order valence-electron chi connectivity index (χ3n) is 5.26. The average molecular weight is 410 g/mol. The maximum absolute atomic E-state index is 12.3. The highest BCUT2D eigenvalue weighted by Gasteiger charge is 2.11. The molecule has 0 fully saturated rings. The molecule has 6 nitrogen and oxygen atoms in total. The molecule has 0 saturated heterocycles. The van der Waals surface area contributed by atoms with Crippen LogP contribution in [0.4, 0.5) is 0 Å². The van der Waals surface area contributed by atoms with Crippen molar-refractivity contribution in [2.75, 3.05) is 6.54 Å². The van der Waals surface area contributed by atoms with E-state index in [1.807, 2.05) is 36.7 Å². The molecule has 3 aromatic rings. The topological polar surface area (TPSA) is 69.3 Å². The summed E-state index contributed by atoms with van der Waals surface area (Å²) in [6, 6.07) is 13.6. The molecule has 0 bridgehead atoms. The fourth-order valence-corrected chi connectivity index (χ4v) is 3.28. The SMILES string of the molecule is CCC(C)c1ccc(OCc2ccc(C(=O)NCCCn3nc(C)cc3C)o2)cc1. The summed E-state index contributed by atoms with van der Waals surface area (Å²) in [5.41, 5.74) is 3.44. The molecule has 0 aliphatic heterocycles. The second kappa shape index (κ2) is 10.1. The minimum atomic E-state index is -0.215. The van der Waals surface area contributed by atoms with Crippen LogP contribution in [0.2, 0.25) is 0 Å². The van der Waals surface area contributed by atoms with Crippen molar-refractivity contribution in [3.8, 4) is 5.75 Å². The second-order valence-electron chi connectivity index (χ2n) is 7.69. The molecule has 0 aliphatic carbocycles. The van der Waals surface area contributed by atoms with Gasteiger partial charge in [-0.3, -0.25) is 9.48 Å². The van der Waals surface area contributed by atoms with E-state index in [1.165, 1.54) is 5.56 Å². The van der Waals surface area contributed by atoms with Crippen LogP contribution >= 0.6 is 0 Å². The molecule has 0 spiro atoms. The predicted molar refractivity (Wildman–Crippen MR) is 117 cm³/mol. The lowest BCUT2D eigenvalue weighted by molar-refractivity contribution is 0.0920. The van der Waals surface area contributed by atoms with Gasteiger partial charge in [-0.2, -0.15) is 5.10 Å². The first kappa shape index (κ1) is 21.7. The van der Waals surface area contributed by atoms with Gasteiger partial charge in [-0.15, -0.1) is 0 Å². The van der Waals surface area contributed by atoms with Gasteiger partial charge < -0.3 is 14.5 Å². The maximum atomic E-state index is 12.3. The van der Waals surface area contributed by atoms with Crippen LogP contribution in [-0.4, -0.2) is 22.2 Å². The van der Waals surface area contributed by atoms with E-state index >= 15 is 0 Å². The fraction of sp³-hybridized carbons (Fsp3) is 0.417. The minimum absolute atomic E-state index is 0.215. The summed E-state index contributed by atoms with van der Waals surface area (Å²) < 4.78 is 13.4. The fourth-order valence-electron chi connectivity index (χ4n) is 3.28. The zero-order chi connectivity index (χ0) is 21.5. The summed E-state index contributed by atoms with van der Waals surface area (Å²) in [7, 11) is 0.